The van der Waals surface area contributed by atoms with Gasteiger partial charge in [-0.25, -0.2) is 0 Å². The van der Waals surface area contributed by atoms with Gasteiger partial charge in [0.25, 0.3) is 0 Å². The SMILES string of the molecule is c1ccc(-c2ccccc2-n2c3ccc(-c4ccc5c(c4)c4ccccc4n5-c4ccc5oc6ccccc6c5c4)cc3c3ccc4ccccc4c32)cc1. The van der Waals surface area contributed by atoms with Gasteiger partial charge in [-0.2, -0.15) is 0 Å². The molecule has 0 radical (unpaired) electrons. The van der Waals surface area contributed by atoms with Crippen LogP contribution in [0, 0.1) is 0 Å². The van der Waals surface area contributed by atoms with Gasteiger partial charge in [-0.1, -0.05) is 133 Å². The Balaban J connectivity index is 1.08. The van der Waals surface area contributed by atoms with Crippen LogP contribution in [0.3, 0.4) is 0 Å². The summed E-state index contributed by atoms with van der Waals surface area (Å²) < 4.78 is 11.1. The van der Waals surface area contributed by atoms with E-state index < -0.39 is 0 Å². The molecule has 3 nitrogen and oxygen atoms in total. The Morgan fingerprint density at radius 2 is 0.964 bits per heavy atom. The van der Waals surface area contributed by atoms with Crippen LogP contribution in [0.5, 0.6) is 0 Å². The Labute approximate surface area is 316 Å². The minimum Gasteiger partial charge on any atom is -0.456 e. The van der Waals surface area contributed by atoms with Crippen molar-refractivity contribution in [3.8, 4) is 33.6 Å². The molecular weight excluding hydrogens is 669 g/mol. The highest BCUT2D eigenvalue weighted by Gasteiger charge is 2.20. The maximum atomic E-state index is 6.18. The molecule has 0 amide bonds. The average Bonchev–Trinajstić information content (AvgIpc) is 3.91. The molecular formula is C52H32N2O. The summed E-state index contributed by atoms with van der Waals surface area (Å²) in [7, 11) is 0. The summed E-state index contributed by atoms with van der Waals surface area (Å²) in [5, 5.41) is 9.70. The van der Waals surface area contributed by atoms with Crippen molar-refractivity contribution in [1.82, 2.24) is 9.13 Å². The van der Waals surface area contributed by atoms with Crippen LogP contribution < -0.4 is 0 Å². The Morgan fingerprint density at radius 1 is 0.327 bits per heavy atom. The molecule has 3 aromatic heterocycles. The van der Waals surface area contributed by atoms with Crippen LogP contribution in [-0.2, 0) is 0 Å². The van der Waals surface area contributed by atoms with Crippen LogP contribution in [0.25, 0.3) is 110 Å². The van der Waals surface area contributed by atoms with Crippen molar-refractivity contribution in [2.24, 2.45) is 0 Å². The van der Waals surface area contributed by atoms with Crippen molar-refractivity contribution in [2.75, 3.05) is 0 Å². The smallest absolute Gasteiger partial charge is 0.135 e. The zero-order chi connectivity index (χ0) is 36.0. The number of benzene rings is 9. The van der Waals surface area contributed by atoms with Gasteiger partial charge in [0.05, 0.1) is 27.8 Å². The molecule has 12 rings (SSSR count). The fraction of sp³-hybridized carbons (Fsp3) is 0. The third kappa shape index (κ3) is 4.44. The van der Waals surface area contributed by atoms with Gasteiger partial charge in [-0.3, -0.25) is 0 Å². The molecule has 0 bridgehead atoms. The lowest BCUT2D eigenvalue weighted by Crippen LogP contribution is -1.97. The van der Waals surface area contributed by atoms with Crippen LogP contribution in [0.1, 0.15) is 0 Å². The van der Waals surface area contributed by atoms with Gasteiger partial charge in [-0.05, 0) is 82.7 Å². The highest BCUT2D eigenvalue weighted by molar-refractivity contribution is 6.20. The largest absolute Gasteiger partial charge is 0.456 e. The molecule has 0 unspecified atom stereocenters. The summed E-state index contributed by atoms with van der Waals surface area (Å²) >= 11 is 0. The van der Waals surface area contributed by atoms with Crippen LogP contribution in [0.4, 0.5) is 0 Å². The minimum absolute atomic E-state index is 0.904. The van der Waals surface area contributed by atoms with Crippen LogP contribution in [0.15, 0.2) is 199 Å². The second-order valence-corrected chi connectivity index (χ2v) is 14.5. The van der Waals surface area contributed by atoms with E-state index in [0.717, 1.165) is 27.6 Å². The van der Waals surface area contributed by atoms with Crippen molar-refractivity contribution in [1.29, 1.82) is 0 Å². The number of fused-ring (bicyclic) bond motifs is 11. The number of nitrogens with zero attached hydrogens (tertiary/aromatic N) is 2. The fourth-order valence-electron chi connectivity index (χ4n) is 9.02. The number of para-hydroxylation sites is 3. The summed E-state index contributed by atoms with van der Waals surface area (Å²) in [6.45, 7) is 0. The van der Waals surface area contributed by atoms with E-state index in [9.17, 15) is 0 Å². The summed E-state index contributed by atoms with van der Waals surface area (Å²) in [4.78, 5) is 0. The van der Waals surface area contributed by atoms with Crippen LogP contribution in [-0.4, -0.2) is 9.13 Å². The first-order valence-corrected chi connectivity index (χ1v) is 18.8. The highest BCUT2D eigenvalue weighted by atomic mass is 16.3. The Morgan fingerprint density at radius 3 is 1.82 bits per heavy atom. The standard InChI is InChI=1S/C52H32N2O/c1-2-12-33(13-3-1)38-15-6-9-19-46(38)54-49-28-24-36(31-44(49)42-26-22-34-14-4-5-16-39(34)52(42)54)35-23-27-48-43(30-35)40-17-7-10-20-47(40)53(48)37-25-29-51-45(32-37)41-18-8-11-21-50(41)55-51/h1-32H. The second-order valence-electron chi connectivity index (χ2n) is 14.5. The van der Waals surface area contributed by atoms with E-state index >= 15 is 0 Å². The van der Waals surface area contributed by atoms with Gasteiger partial charge < -0.3 is 13.6 Å². The quantitative estimate of drug-likeness (QED) is 0.179. The summed E-state index contributed by atoms with van der Waals surface area (Å²) in [6.07, 6.45) is 0. The Kier molecular flexibility index (Phi) is 6.34. The van der Waals surface area contributed by atoms with Gasteiger partial charge in [0.1, 0.15) is 11.2 Å². The molecule has 256 valence electrons. The molecule has 0 saturated heterocycles. The first-order valence-electron chi connectivity index (χ1n) is 18.8. The highest BCUT2D eigenvalue weighted by Crippen LogP contribution is 2.42. The zero-order valence-corrected chi connectivity index (χ0v) is 29.8. The monoisotopic (exact) mass is 700 g/mol. The molecule has 3 heterocycles. The molecule has 0 spiro atoms. The van der Waals surface area contributed by atoms with Crippen molar-refractivity contribution < 1.29 is 4.42 Å². The van der Waals surface area contributed by atoms with Crippen molar-refractivity contribution >= 4 is 76.3 Å². The Bertz CT molecular complexity index is 3490. The van der Waals surface area contributed by atoms with Gasteiger partial charge in [-0.15, -0.1) is 0 Å². The first-order chi connectivity index (χ1) is 27.3. The molecule has 0 N–H and O–H groups in total. The Hall–Kier alpha value is -7.36. The zero-order valence-electron chi connectivity index (χ0n) is 29.8. The molecule has 55 heavy (non-hydrogen) atoms. The molecule has 9 aromatic carbocycles. The summed E-state index contributed by atoms with van der Waals surface area (Å²) in [5.74, 6) is 0. The molecule has 0 atom stereocenters. The molecule has 0 aliphatic rings. The van der Waals surface area contributed by atoms with E-state index in [1.165, 1.54) is 82.3 Å². The summed E-state index contributed by atoms with van der Waals surface area (Å²) in [6, 6.07) is 70.4. The van der Waals surface area contributed by atoms with E-state index in [4.69, 9.17) is 4.42 Å². The van der Waals surface area contributed by atoms with E-state index in [0.29, 0.717) is 0 Å². The van der Waals surface area contributed by atoms with Crippen molar-refractivity contribution in [3.63, 3.8) is 0 Å². The summed E-state index contributed by atoms with van der Waals surface area (Å²) in [5.41, 5.74) is 13.7. The number of hydrogen-bond acceptors (Lipinski definition) is 1. The minimum atomic E-state index is 0.904. The number of aromatic nitrogens is 2. The molecule has 0 saturated carbocycles. The third-order valence-electron chi connectivity index (χ3n) is 11.5. The van der Waals surface area contributed by atoms with E-state index in [-0.39, 0.29) is 0 Å². The predicted octanol–water partition coefficient (Wildman–Crippen LogP) is 14.3. The molecule has 3 heteroatoms. The van der Waals surface area contributed by atoms with E-state index in [1.54, 1.807) is 0 Å². The molecule has 0 aliphatic heterocycles. The lowest BCUT2D eigenvalue weighted by molar-refractivity contribution is 0.669. The lowest BCUT2D eigenvalue weighted by atomic mass is 10.00. The third-order valence-corrected chi connectivity index (χ3v) is 11.5. The topological polar surface area (TPSA) is 23.0 Å². The van der Waals surface area contributed by atoms with Crippen molar-refractivity contribution in [2.45, 2.75) is 0 Å². The number of hydrogen-bond donors (Lipinski definition) is 0. The fourth-order valence-corrected chi connectivity index (χ4v) is 9.02. The number of rotatable bonds is 4. The average molecular weight is 701 g/mol. The van der Waals surface area contributed by atoms with Crippen LogP contribution in [0.2, 0.25) is 0 Å². The van der Waals surface area contributed by atoms with E-state index in [1.807, 2.05) is 12.1 Å². The van der Waals surface area contributed by atoms with Gasteiger partial charge in [0.15, 0.2) is 0 Å². The maximum Gasteiger partial charge on any atom is 0.135 e. The lowest BCUT2D eigenvalue weighted by Gasteiger charge is -2.15. The van der Waals surface area contributed by atoms with Crippen molar-refractivity contribution in [3.05, 3.63) is 194 Å². The van der Waals surface area contributed by atoms with Gasteiger partial charge >= 0.3 is 0 Å². The molecule has 0 aliphatic carbocycles. The van der Waals surface area contributed by atoms with E-state index in [2.05, 4.69) is 191 Å². The number of furan rings is 1. The normalized spacial score (nSPS) is 12.0. The maximum absolute atomic E-state index is 6.18. The van der Waals surface area contributed by atoms with Gasteiger partial charge in [0.2, 0.25) is 0 Å². The predicted molar refractivity (Wildman–Crippen MR) is 231 cm³/mol. The van der Waals surface area contributed by atoms with Crippen LogP contribution >= 0.6 is 0 Å². The molecule has 0 fully saturated rings. The first kappa shape index (κ1) is 30.1. The van der Waals surface area contributed by atoms with Gasteiger partial charge in [0, 0.05) is 49.0 Å². The molecule has 12 aromatic rings. The second kappa shape index (κ2) is 11.6.